The molecule has 0 aliphatic heterocycles. The summed E-state index contributed by atoms with van der Waals surface area (Å²) < 4.78 is 43.6. The SMILES string of the molecule is Cc1cccc(NC(=O)C(=O)NCC[C@H](NC(=O)c2ccc(Nc3nc(NC4(c5ccc(Cl)cc5)CC4)nc(OCC(F)(F)F)n3)cc2)C(=O)O)c1. The number of carbonyl (C=O) groups is 4. The van der Waals surface area contributed by atoms with E-state index in [0.717, 1.165) is 11.1 Å². The quantitative estimate of drug-likeness (QED) is 0.0958. The van der Waals surface area contributed by atoms with E-state index >= 15 is 0 Å². The van der Waals surface area contributed by atoms with Gasteiger partial charge in [0.2, 0.25) is 11.9 Å². The molecule has 4 aromatic rings. The number of hydrogen-bond donors (Lipinski definition) is 6. The average Bonchev–Trinajstić information content (AvgIpc) is 3.87. The topological polar surface area (TPSA) is 197 Å². The van der Waals surface area contributed by atoms with E-state index in [1.165, 1.54) is 24.3 Å². The molecule has 1 aliphatic carbocycles. The van der Waals surface area contributed by atoms with Crippen LogP contribution >= 0.6 is 11.6 Å². The standard InChI is InChI=1S/C34H32ClF3N8O6/c1-19-3-2-4-24(17-19)40-28(49)27(48)39-16-13-25(29(50)51)42-26(47)20-5-11-23(12-6-20)41-30-43-31(45-32(44-30)52-18-34(36,37)38)46-33(14-15-33)21-7-9-22(35)10-8-21/h2-12,17,25H,13-16,18H2,1H3,(H,39,48)(H,40,49)(H,42,47)(H,50,51)(H2,41,43,44,45,46)/t25-/m0/s1. The molecule has 0 bridgehead atoms. The molecule has 1 atom stereocenters. The van der Waals surface area contributed by atoms with Gasteiger partial charge in [0.15, 0.2) is 6.61 Å². The lowest BCUT2D eigenvalue weighted by Gasteiger charge is -2.19. The van der Waals surface area contributed by atoms with Crippen LogP contribution in [0.3, 0.4) is 0 Å². The fourth-order valence-corrected chi connectivity index (χ4v) is 5.05. The second kappa shape index (κ2) is 15.9. The number of carbonyl (C=O) groups excluding carboxylic acids is 3. The van der Waals surface area contributed by atoms with Crippen molar-refractivity contribution in [2.45, 2.75) is 43.9 Å². The number of nitrogens with one attached hydrogen (secondary N) is 5. The van der Waals surface area contributed by atoms with Gasteiger partial charge in [-0.2, -0.15) is 28.1 Å². The molecule has 6 N–H and O–H groups in total. The lowest BCUT2D eigenvalue weighted by Crippen LogP contribution is -2.44. The fraction of sp³-hybridized carbons (Fsp3) is 0.265. The molecule has 3 aromatic carbocycles. The molecular formula is C34H32ClF3N8O6. The van der Waals surface area contributed by atoms with Gasteiger partial charge in [0.1, 0.15) is 6.04 Å². The molecule has 52 heavy (non-hydrogen) atoms. The van der Waals surface area contributed by atoms with Crippen molar-refractivity contribution in [1.29, 1.82) is 0 Å². The Hall–Kier alpha value is -5.97. The zero-order valence-electron chi connectivity index (χ0n) is 27.4. The van der Waals surface area contributed by atoms with Crippen LogP contribution in [0.25, 0.3) is 0 Å². The van der Waals surface area contributed by atoms with Crippen LogP contribution in [0.1, 0.15) is 40.7 Å². The summed E-state index contributed by atoms with van der Waals surface area (Å²) in [4.78, 5) is 61.4. The van der Waals surface area contributed by atoms with Gasteiger partial charge in [-0.3, -0.25) is 14.4 Å². The lowest BCUT2D eigenvalue weighted by molar-refractivity contribution is -0.154. The molecule has 3 amide bonds. The summed E-state index contributed by atoms with van der Waals surface area (Å²) in [6.07, 6.45) is -3.46. The minimum absolute atomic E-state index is 0.0408. The van der Waals surface area contributed by atoms with Crippen LogP contribution in [0.4, 0.5) is 36.4 Å². The van der Waals surface area contributed by atoms with Crippen LogP contribution in [-0.4, -0.2) is 69.1 Å². The van der Waals surface area contributed by atoms with Crippen LogP contribution in [0, 0.1) is 6.92 Å². The van der Waals surface area contributed by atoms with Gasteiger partial charge < -0.3 is 36.4 Å². The van der Waals surface area contributed by atoms with Crippen LogP contribution in [0.5, 0.6) is 6.01 Å². The number of carboxylic acid groups (broad SMARTS) is 1. The first-order chi connectivity index (χ1) is 24.7. The second-order valence-corrected chi connectivity index (χ2v) is 12.3. The number of benzene rings is 3. The third-order valence-electron chi connectivity index (χ3n) is 7.69. The van der Waals surface area contributed by atoms with Crippen molar-refractivity contribution in [3.8, 4) is 6.01 Å². The Morgan fingerprint density at radius 2 is 1.62 bits per heavy atom. The van der Waals surface area contributed by atoms with E-state index < -0.39 is 54.1 Å². The van der Waals surface area contributed by atoms with Gasteiger partial charge >= 0.3 is 30.0 Å². The van der Waals surface area contributed by atoms with E-state index in [2.05, 4.69) is 41.5 Å². The Kier molecular flexibility index (Phi) is 11.4. The summed E-state index contributed by atoms with van der Waals surface area (Å²) in [5, 5.41) is 23.3. The number of anilines is 4. The van der Waals surface area contributed by atoms with Crippen molar-refractivity contribution in [1.82, 2.24) is 25.6 Å². The van der Waals surface area contributed by atoms with E-state index in [-0.39, 0.29) is 30.4 Å². The molecule has 1 saturated carbocycles. The first-order valence-electron chi connectivity index (χ1n) is 15.7. The highest BCUT2D eigenvalue weighted by atomic mass is 35.5. The maximum Gasteiger partial charge on any atom is 0.422 e. The van der Waals surface area contributed by atoms with E-state index in [0.29, 0.717) is 29.2 Å². The summed E-state index contributed by atoms with van der Waals surface area (Å²) in [7, 11) is 0. The van der Waals surface area contributed by atoms with Gasteiger partial charge in [0, 0.05) is 28.5 Å². The van der Waals surface area contributed by atoms with E-state index in [4.69, 9.17) is 16.3 Å². The highest BCUT2D eigenvalue weighted by Gasteiger charge is 2.45. The number of aryl methyl sites for hydroxylation is 1. The van der Waals surface area contributed by atoms with Crippen molar-refractivity contribution in [2.24, 2.45) is 0 Å². The highest BCUT2D eigenvalue weighted by molar-refractivity contribution is 6.39. The van der Waals surface area contributed by atoms with Crippen LogP contribution in [0.2, 0.25) is 5.02 Å². The number of alkyl halides is 3. The zero-order valence-corrected chi connectivity index (χ0v) is 28.1. The molecule has 5 rings (SSSR count). The van der Waals surface area contributed by atoms with Crippen molar-refractivity contribution < 1.29 is 42.2 Å². The smallest absolute Gasteiger partial charge is 0.422 e. The first-order valence-corrected chi connectivity index (χ1v) is 16.1. The fourth-order valence-electron chi connectivity index (χ4n) is 4.93. The molecule has 1 aromatic heterocycles. The molecule has 0 radical (unpaired) electrons. The highest BCUT2D eigenvalue weighted by Crippen LogP contribution is 2.48. The van der Waals surface area contributed by atoms with Crippen molar-refractivity contribution in [2.75, 3.05) is 29.1 Å². The summed E-state index contributed by atoms with van der Waals surface area (Å²) in [6, 6.07) is 17.6. The molecule has 0 unspecified atom stereocenters. The van der Waals surface area contributed by atoms with Crippen molar-refractivity contribution in [3.63, 3.8) is 0 Å². The number of amides is 3. The Balaban J connectivity index is 1.19. The third kappa shape index (κ3) is 10.5. The number of halogens is 4. The van der Waals surface area contributed by atoms with Gasteiger partial charge in [-0.25, -0.2) is 4.79 Å². The lowest BCUT2D eigenvalue weighted by atomic mass is 10.1. The summed E-state index contributed by atoms with van der Waals surface area (Å²) in [5.41, 5.74) is 2.02. The van der Waals surface area contributed by atoms with Crippen molar-refractivity contribution in [3.05, 3.63) is 94.5 Å². The number of rotatable bonds is 14. The Bertz CT molecular complexity index is 1940. The number of hydrogen-bond acceptors (Lipinski definition) is 10. The molecule has 1 fully saturated rings. The van der Waals surface area contributed by atoms with Gasteiger partial charge in [0.05, 0.1) is 5.54 Å². The summed E-state index contributed by atoms with van der Waals surface area (Å²) in [5.74, 6) is -4.21. The maximum absolute atomic E-state index is 12.9. The molecule has 272 valence electrons. The van der Waals surface area contributed by atoms with Crippen LogP contribution in [0.15, 0.2) is 72.8 Å². The van der Waals surface area contributed by atoms with Gasteiger partial charge in [0.25, 0.3) is 5.91 Å². The first kappa shape index (κ1) is 37.3. The summed E-state index contributed by atoms with van der Waals surface area (Å²) >= 11 is 6.01. The molecule has 1 heterocycles. The van der Waals surface area contributed by atoms with Crippen molar-refractivity contribution >= 4 is 58.6 Å². The Labute approximate surface area is 299 Å². The molecule has 0 saturated heterocycles. The third-order valence-corrected chi connectivity index (χ3v) is 7.94. The molecule has 1 aliphatic rings. The monoisotopic (exact) mass is 740 g/mol. The number of aliphatic carboxylic acids is 1. The Morgan fingerprint density at radius 3 is 2.25 bits per heavy atom. The largest absolute Gasteiger partial charge is 0.480 e. The molecular weight excluding hydrogens is 709 g/mol. The predicted octanol–water partition coefficient (Wildman–Crippen LogP) is 4.95. The van der Waals surface area contributed by atoms with E-state index in [1.54, 1.807) is 30.3 Å². The maximum atomic E-state index is 12.9. The van der Waals surface area contributed by atoms with Gasteiger partial charge in [-0.1, -0.05) is 35.9 Å². The minimum atomic E-state index is -4.64. The zero-order chi connectivity index (χ0) is 37.5. The van der Waals surface area contributed by atoms with Gasteiger partial charge in [-0.05, 0) is 85.8 Å². The van der Waals surface area contributed by atoms with Gasteiger partial charge in [-0.15, -0.1) is 0 Å². The number of nitrogens with zero attached hydrogens (tertiary/aromatic N) is 3. The Morgan fingerprint density at radius 1 is 0.923 bits per heavy atom. The number of ether oxygens (including phenoxy) is 1. The molecule has 0 spiro atoms. The average molecular weight is 741 g/mol. The van der Waals surface area contributed by atoms with Crippen LogP contribution in [-0.2, 0) is 19.9 Å². The molecule has 18 heteroatoms. The van der Waals surface area contributed by atoms with E-state index in [1.807, 2.05) is 25.1 Å². The minimum Gasteiger partial charge on any atom is -0.480 e. The number of carboxylic acids is 1. The van der Waals surface area contributed by atoms with E-state index in [9.17, 15) is 37.5 Å². The normalized spacial score (nSPS) is 13.6. The number of aromatic nitrogens is 3. The van der Waals surface area contributed by atoms with Crippen LogP contribution < -0.4 is 31.3 Å². The summed E-state index contributed by atoms with van der Waals surface area (Å²) in [6.45, 7) is -0.0352. The predicted molar refractivity (Wildman–Crippen MR) is 183 cm³/mol. The molecule has 14 nitrogen and oxygen atoms in total. The second-order valence-electron chi connectivity index (χ2n) is 11.8.